The van der Waals surface area contributed by atoms with Gasteiger partial charge in [0.1, 0.15) is 13.2 Å². The van der Waals surface area contributed by atoms with Crippen LogP contribution in [-0.2, 0) is 28.6 Å². The molecular weight excluding hydrogens is 1010 g/mol. The van der Waals surface area contributed by atoms with Crippen molar-refractivity contribution < 1.29 is 28.6 Å². The molecule has 0 spiro atoms. The Hall–Kier alpha value is -3.41. The Kier molecular flexibility index (Phi) is 67.2. The SMILES string of the molecule is CC/C=C\C/C=C\C/C=C\C/C=C\CCCCCCCCCCCCCCCCCCCCC(=O)OCC(COC(=O)CCCCCCCC)OC(=O)CCCCCCCCCCCCCC/C=C\C/C=C\C/C=C\CCCCCCC. The van der Waals surface area contributed by atoms with Crippen LogP contribution in [0.1, 0.15) is 361 Å². The van der Waals surface area contributed by atoms with Crippen LogP contribution in [0.15, 0.2) is 85.1 Å². The van der Waals surface area contributed by atoms with Gasteiger partial charge in [-0.3, -0.25) is 14.4 Å². The van der Waals surface area contributed by atoms with Crippen LogP contribution < -0.4 is 0 Å². The van der Waals surface area contributed by atoms with Crippen LogP contribution in [0, 0.1) is 0 Å². The molecule has 0 rings (SSSR count). The third kappa shape index (κ3) is 67.4. The van der Waals surface area contributed by atoms with Gasteiger partial charge in [-0.1, -0.05) is 331 Å². The molecule has 0 fully saturated rings. The largest absolute Gasteiger partial charge is 0.462 e. The number of esters is 3. The van der Waals surface area contributed by atoms with E-state index in [1.165, 1.54) is 225 Å². The minimum absolute atomic E-state index is 0.0726. The van der Waals surface area contributed by atoms with E-state index in [4.69, 9.17) is 14.2 Å². The van der Waals surface area contributed by atoms with Crippen molar-refractivity contribution in [2.24, 2.45) is 0 Å². The van der Waals surface area contributed by atoms with Crippen molar-refractivity contribution in [2.45, 2.75) is 367 Å². The Bertz CT molecular complexity index is 1550. The van der Waals surface area contributed by atoms with Crippen molar-refractivity contribution in [3.8, 4) is 0 Å². The average molecular weight is 1140 g/mol. The first-order chi connectivity index (χ1) is 40.5. The summed E-state index contributed by atoms with van der Waals surface area (Å²) in [5.41, 5.74) is 0. The van der Waals surface area contributed by atoms with E-state index in [0.717, 1.165) is 96.3 Å². The normalized spacial score (nSPS) is 12.6. The van der Waals surface area contributed by atoms with Crippen LogP contribution >= 0.6 is 0 Å². The molecule has 6 nitrogen and oxygen atoms in total. The van der Waals surface area contributed by atoms with Gasteiger partial charge in [0.05, 0.1) is 0 Å². The molecule has 0 bridgehead atoms. The molecule has 1 atom stereocenters. The average Bonchev–Trinajstić information content (AvgIpc) is 3.47. The molecule has 6 heteroatoms. The van der Waals surface area contributed by atoms with E-state index in [0.29, 0.717) is 19.3 Å². The second-order valence-electron chi connectivity index (χ2n) is 23.8. The van der Waals surface area contributed by atoms with Gasteiger partial charge in [0.25, 0.3) is 0 Å². The highest BCUT2D eigenvalue weighted by molar-refractivity contribution is 5.71. The second kappa shape index (κ2) is 70.1. The third-order valence-corrected chi connectivity index (χ3v) is 15.6. The van der Waals surface area contributed by atoms with Crippen LogP contribution in [0.25, 0.3) is 0 Å². The summed E-state index contributed by atoms with van der Waals surface area (Å²) in [5, 5.41) is 0. The van der Waals surface area contributed by atoms with Crippen molar-refractivity contribution in [2.75, 3.05) is 13.2 Å². The van der Waals surface area contributed by atoms with Gasteiger partial charge in [0.2, 0.25) is 0 Å². The van der Waals surface area contributed by atoms with E-state index in [1.54, 1.807) is 0 Å². The maximum absolute atomic E-state index is 12.9. The van der Waals surface area contributed by atoms with Gasteiger partial charge in [-0.2, -0.15) is 0 Å². The minimum atomic E-state index is -0.773. The lowest BCUT2D eigenvalue weighted by atomic mass is 10.0. The molecule has 0 aliphatic carbocycles. The molecule has 0 amide bonds. The number of carbonyl (C=O) groups excluding carboxylic acids is 3. The van der Waals surface area contributed by atoms with Crippen molar-refractivity contribution in [3.05, 3.63) is 85.1 Å². The summed E-state index contributed by atoms with van der Waals surface area (Å²) in [6, 6.07) is 0. The van der Waals surface area contributed by atoms with Crippen molar-refractivity contribution in [1.82, 2.24) is 0 Å². The smallest absolute Gasteiger partial charge is 0.306 e. The number of allylic oxidation sites excluding steroid dienone is 14. The second-order valence-corrected chi connectivity index (χ2v) is 23.8. The standard InChI is InChI=1S/C76H134O6/c1-4-7-10-13-16-18-20-22-24-26-28-30-32-34-36-37-38-39-41-42-44-46-48-50-52-54-56-58-60-63-66-69-75(78)81-72-73(71-80-74(77)68-65-62-15-12-9-6-3)82-76(79)70-67-64-61-59-57-55-53-51-49-47-45-43-40-35-33-31-29-27-25-23-21-19-17-14-11-8-5-2/h7,10,16,18,21-24,27-30,33,35,73H,4-6,8-9,11-15,17,19-20,25-26,31-32,34,36-72H2,1-3H3/b10-7-,18-16-,23-21-,24-22-,29-27-,30-28-,35-33-. The van der Waals surface area contributed by atoms with Gasteiger partial charge in [-0.05, 0) is 96.3 Å². The molecule has 0 saturated heterocycles. The molecule has 82 heavy (non-hydrogen) atoms. The Morgan fingerprint density at radius 1 is 0.256 bits per heavy atom. The molecule has 0 aliphatic heterocycles. The number of unbranched alkanes of at least 4 members (excludes halogenated alkanes) is 40. The zero-order valence-corrected chi connectivity index (χ0v) is 54.5. The molecule has 0 aromatic heterocycles. The summed E-state index contributed by atoms with van der Waals surface area (Å²) in [6.45, 7) is 6.50. The zero-order chi connectivity index (χ0) is 59.2. The highest BCUT2D eigenvalue weighted by Gasteiger charge is 2.19. The summed E-state index contributed by atoms with van der Waals surface area (Å²) < 4.78 is 16.9. The maximum Gasteiger partial charge on any atom is 0.306 e. The van der Waals surface area contributed by atoms with E-state index in [2.05, 4.69) is 106 Å². The predicted molar refractivity (Wildman–Crippen MR) is 358 cm³/mol. The highest BCUT2D eigenvalue weighted by atomic mass is 16.6. The Morgan fingerprint density at radius 3 is 0.744 bits per heavy atom. The van der Waals surface area contributed by atoms with Crippen LogP contribution in [0.2, 0.25) is 0 Å². The van der Waals surface area contributed by atoms with Gasteiger partial charge in [-0.15, -0.1) is 0 Å². The number of hydrogen-bond donors (Lipinski definition) is 0. The van der Waals surface area contributed by atoms with E-state index in [-0.39, 0.29) is 31.1 Å². The van der Waals surface area contributed by atoms with E-state index >= 15 is 0 Å². The lowest BCUT2D eigenvalue weighted by Crippen LogP contribution is -2.30. The molecule has 0 radical (unpaired) electrons. The third-order valence-electron chi connectivity index (χ3n) is 15.6. The summed E-state index contributed by atoms with van der Waals surface area (Å²) in [5.74, 6) is -0.866. The Morgan fingerprint density at radius 2 is 0.476 bits per heavy atom. The van der Waals surface area contributed by atoms with Gasteiger partial charge in [0, 0.05) is 19.3 Å². The Balaban J connectivity index is 4.00. The van der Waals surface area contributed by atoms with Gasteiger partial charge < -0.3 is 14.2 Å². The molecule has 0 heterocycles. The highest BCUT2D eigenvalue weighted by Crippen LogP contribution is 2.18. The quantitative estimate of drug-likeness (QED) is 0.0261. The molecular formula is C76H134O6. The molecule has 0 aromatic rings. The number of ether oxygens (including phenoxy) is 3. The molecule has 0 aromatic carbocycles. The van der Waals surface area contributed by atoms with Crippen molar-refractivity contribution in [3.63, 3.8) is 0 Å². The molecule has 0 aliphatic rings. The lowest BCUT2D eigenvalue weighted by molar-refractivity contribution is -0.167. The first-order valence-electron chi connectivity index (χ1n) is 35.6. The maximum atomic E-state index is 12.9. The summed E-state index contributed by atoms with van der Waals surface area (Å²) >= 11 is 0. The van der Waals surface area contributed by atoms with Crippen molar-refractivity contribution in [1.29, 1.82) is 0 Å². The number of carbonyl (C=O) groups is 3. The molecule has 0 N–H and O–H groups in total. The van der Waals surface area contributed by atoms with Gasteiger partial charge in [0.15, 0.2) is 6.10 Å². The van der Waals surface area contributed by atoms with Gasteiger partial charge >= 0.3 is 17.9 Å². The lowest BCUT2D eigenvalue weighted by Gasteiger charge is -2.18. The fourth-order valence-corrected chi connectivity index (χ4v) is 10.3. The van der Waals surface area contributed by atoms with E-state index in [1.807, 2.05) is 0 Å². The first kappa shape index (κ1) is 78.6. The number of rotatable bonds is 65. The molecule has 0 saturated carbocycles. The fraction of sp³-hybridized carbons (Fsp3) is 0.776. The van der Waals surface area contributed by atoms with Crippen LogP contribution in [0.5, 0.6) is 0 Å². The van der Waals surface area contributed by atoms with Crippen LogP contribution in [0.3, 0.4) is 0 Å². The zero-order valence-electron chi connectivity index (χ0n) is 54.5. The first-order valence-corrected chi connectivity index (χ1v) is 35.6. The van der Waals surface area contributed by atoms with Crippen LogP contribution in [0.4, 0.5) is 0 Å². The topological polar surface area (TPSA) is 78.9 Å². The Labute approximate surface area is 509 Å². The monoisotopic (exact) mass is 1140 g/mol. The minimum Gasteiger partial charge on any atom is -0.462 e. The fourth-order valence-electron chi connectivity index (χ4n) is 10.3. The van der Waals surface area contributed by atoms with Crippen molar-refractivity contribution >= 4 is 17.9 Å². The van der Waals surface area contributed by atoms with E-state index < -0.39 is 6.10 Å². The summed E-state index contributed by atoms with van der Waals surface area (Å²) in [6.07, 6.45) is 93.7. The predicted octanol–water partition coefficient (Wildman–Crippen LogP) is 24.6. The summed E-state index contributed by atoms with van der Waals surface area (Å²) in [7, 11) is 0. The van der Waals surface area contributed by atoms with Gasteiger partial charge in [-0.25, -0.2) is 0 Å². The number of hydrogen-bond acceptors (Lipinski definition) is 6. The molecule has 1 unspecified atom stereocenters. The van der Waals surface area contributed by atoms with Crippen LogP contribution in [-0.4, -0.2) is 37.2 Å². The summed E-state index contributed by atoms with van der Waals surface area (Å²) in [4.78, 5) is 38.1. The van der Waals surface area contributed by atoms with E-state index in [9.17, 15) is 14.4 Å². The molecule has 474 valence electrons.